The van der Waals surface area contributed by atoms with E-state index in [0.29, 0.717) is 39.4 Å². The predicted octanol–water partition coefficient (Wildman–Crippen LogP) is 5.02. The van der Waals surface area contributed by atoms with Crippen molar-refractivity contribution < 1.29 is 14.2 Å². The first kappa shape index (κ1) is 19.6. The molecule has 0 spiro atoms. The van der Waals surface area contributed by atoms with Gasteiger partial charge in [-0.25, -0.2) is 0 Å². The van der Waals surface area contributed by atoms with Crippen LogP contribution in [0.15, 0.2) is 40.0 Å². The van der Waals surface area contributed by atoms with Crippen molar-refractivity contribution in [1.82, 2.24) is 10.1 Å². The first-order chi connectivity index (χ1) is 13.9. The Labute approximate surface area is 176 Å². The van der Waals surface area contributed by atoms with E-state index in [1.807, 2.05) is 45.0 Å². The highest BCUT2D eigenvalue weighted by molar-refractivity contribution is 7.18. The predicted molar refractivity (Wildman–Crippen MR) is 113 cm³/mol. The van der Waals surface area contributed by atoms with Crippen LogP contribution in [0.3, 0.4) is 0 Å². The van der Waals surface area contributed by atoms with E-state index in [1.165, 1.54) is 11.3 Å². The highest BCUT2D eigenvalue weighted by Gasteiger charge is 2.30. The van der Waals surface area contributed by atoms with Crippen molar-refractivity contribution in [2.45, 2.75) is 39.2 Å². The first-order valence-corrected chi connectivity index (χ1v) is 10.3. The molecule has 1 aliphatic rings. The number of carbonyl (C=O) groups is 1. The molecule has 2 aromatic heterocycles. The Morgan fingerprint density at radius 3 is 2.83 bits per heavy atom. The van der Waals surface area contributed by atoms with Crippen LogP contribution in [0.25, 0.3) is 11.5 Å². The van der Waals surface area contributed by atoms with Crippen LogP contribution in [0.1, 0.15) is 42.5 Å². The highest BCUT2D eigenvalue weighted by atomic mass is 35.5. The number of aromatic nitrogens is 2. The number of nitrogens with one attached hydrogen (secondary N) is 1. The molecule has 0 bridgehead atoms. The summed E-state index contributed by atoms with van der Waals surface area (Å²) >= 11 is 7.39. The monoisotopic (exact) mass is 430 g/mol. The fourth-order valence-corrected chi connectivity index (χ4v) is 3.96. The van der Waals surface area contributed by atoms with Crippen molar-refractivity contribution in [2.75, 3.05) is 5.32 Å². The van der Waals surface area contributed by atoms with Gasteiger partial charge >= 0.3 is 0 Å². The summed E-state index contributed by atoms with van der Waals surface area (Å²) in [5.74, 6) is 0.838. The number of carbonyl (C=O) groups excluding carboxylic acids is 1. The average Bonchev–Trinajstić information content (AvgIpc) is 3.43. The second-order valence-corrected chi connectivity index (χ2v) is 8.75. The number of rotatable bonds is 5. The van der Waals surface area contributed by atoms with Crippen LogP contribution in [0.2, 0.25) is 4.34 Å². The van der Waals surface area contributed by atoms with Gasteiger partial charge in [0, 0.05) is 12.3 Å². The number of hydrogen-bond donors (Lipinski definition) is 1. The SMILES string of the molecule is Cc1cccc(-c2nc(C(C)C)no2)c1NC(=O)C1CC(c2ccc(Cl)s2)=NO1. The van der Waals surface area contributed by atoms with Crippen LogP contribution < -0.4 is 5.32 Å². The molecule has 150 valence electrons. The third-order valence-corrected chi connectivity index (χ3v) is 5.81. The number of hydrogen-bond acceptors (Lipinski definition) is 7. The molecule has 1 aromatic carbocycles. The van der Waals surface area contributed by atoms with Gasteiger partial charge in [0.05, 0.1) is 20.5 Å². The second-order valence-electron chi connectivity index (χ2n) is 7.04. The van der Waals surface area contributed by atoms with Gasteiger partial charge in [0.15, 0.2) is 5.82 Å². The Bertz CT molecular complexity index is 1090. The number of anilines is 1. The molecule has 0 saturated heterocycles. The summed E-state index contributed by atoms with van der Waals surface area (Å²) in [4.78, 5) is 23.6. The van der Waals surface area contributed by atoms with Crippen LogP contribution in [0.5, 0.6) is 0 Å². The summed E-state index contributed by atoms with van der Waals surface area (Å²) in [7, 11) is 0. The lowest BCUT2D eigenvalue weighted by Crippen LogP contribution is -2.28. The second kappa shape index (κ2) is 7.96. The van der Waals surface area contributed by atoms with Gasteiger partial charge in [-0.2, -0.15) is 4.98 Å². The van der Waals surface area contributed by atoms with Crippen molar-refractivity contribution in [3.05, 3.63) is 50.9 Å². The maximum atomic E-state index is 12.8. The fraction of sp³-hybridized carbons (Fsp3) is 0.300. The van der Waals surface area contributed by atoms with Gasteiger partial charge in [0.1, 0.15) is 5.71 Å². The molecule has 29 heavy (non-hydrogen) atoms. The zero-order valence-electron chi connectivity index (χ0n) is 16.1. The normalized spacial score (nSPS) is 16.0. The molecule has 7 nitrogen and oxygen atoms in total. The van der Waals surface area contributed by atoms with Crippen molar-refractivity contribution in [2.24, 2.45) is 5.16 Å². The number of nitrogens with zero attached hydrogens (tertiary/aromatic N) is 3. The zero-order chi connectivity index (χ0) is 20.5. The summed E-state index contributed by atoms with van der Waals surface area (Å²) in [6, 6.07) is 9.30. The van der Waals surface area contributed by atoms with E-state index in [0.717, 1.165) is 10.4 Å². The molecule has 1 atom stereocenters. The number of halogens is 1. The minimum Gasteiger partial charge on any atom is -0.382 e. The minimum atomic E-state index is -0.716. The summed E-state index contributed by atoms with van der Waals surface area (Å²) in [5.41, 5.74) is 2.88. The molecule has 4 rings (SSSR count). The molecule has 0 saturated carbocycles. The number of oxime groups is 1. The number of amides is 1. The fourth-order valence-electron chi connectivity index (χ4n) is 2.93. The van der Waals surface area contributed by atoms with Crippen molar-refractivity contribution in [3.63, 3.8) is 0 Å². The molecule has 0 fully saturated rings. The molecular weight excluding hydrogens is 412 g/mol. The van der Waals surface area contributed by atoms with Crippen LogP contribution in [0, 0.1) is 6.92 Å². The quantitative estimate of drug-likeness (QED) is 0.614. The van der Waals surface area contributed by atoms with Crippen LogP contribution in [-0.2, 0) is 9.63 Å². The largest absolute Gasteiger partial charge is 0.382 e. The van der Waals surface area contributed by atoms with E-state index in [9.17, 15) is 4.79 Å². The van der Waals surface area contributed by atoms with E-state index in [2.05, 4.69) is 20.6 Å². The molecule has 1 unspecified atom stereocenters. The van der Waals surface area contributed by atoms with Gasteiger partial charge in [-0.15, -0.1) is 11.3 Å². The Morgan fingerprint density at radius 1 is 1.31 bits per heavy atom. The third-order valence-electron chi connectivity index (χ3n) is 4.53. The van der Waals surface area contributed by atoms with Crippen LogP contribution in [0.4, 0.5) is 5.69 Å². The standard InChI is InChI=1S/C20H19ClN4O3S/c1-10(2)18-23-20(28-25-18)12-6-4-5-11(3)17(12)22-19(26)14-9-13(24-27-14)15-7-8-16(21)29-15/h4-8,10,14H,9H2,1-3H3,(H,22,26). The lowest BCUT2D eigenvalue weighted by Gasteiger charge is -2.14. The molecule has 0 radical (unpaired) electrons. The summed E-state index contributed by atoms with van der Waals surface area (Å²) in [6.45, 7) is 5.89. The summed E-state index contributed by atoms with van der Waals surface area (Å²) in [6.07, 6.45) is -0.339. The molecule has 1 amide bonds. The van der Waals surface area contributed by atoms with E-state index in [-0.39, 0.29) is 11.8 Å². The summed E-state index contributed by atoms with van der Waals surface area (Å²) in [5, 5.41) is 11.0. The van der Waals surface area contributed by atoms with Gasteiger partial charge in [0.2, 0.25) is 6.10 Å². The van der Waals surface area contributed by atoms with E-state index in [4.69, 9.17) is 21.0 Å². The highest BCUT2D eigenvalue weighted by Crippen LogP contribution is 2.32. The lowest BCUT2D eigenvalue weighted by molar-refractivity contribution is -0.125. The van der Waals surface area contributed by atoms with Crippen LogP contribution >= 0.6 is 22.9 Å². The van der Waals surface area contributed by atoms with Crippen molar-refractivity contribution in [1.29, 1.82) is 0 Å². The first-order valence-electron chi connectivity index (χ1n) is 9.15. The third kappa shape index (κ3) is 4.04. The smallest absolute Gasteiger partial charge is 0.268 e. The Morgan fingerprint density at radius 2 is 2.14 bits per heavy atom. The van der Waals surface area contributed by atoms with Gasteiger partial charge < -0.3 is 14.7 Å². The maximum Gasteiger partial charge on any atom is 0.268 e. The number of thiophene rings is 1. The lowest BCUT2D eigenvalue weighted by atomic mass is 10.1. The molecule has 1 N–H and O–H groups in total. The Hall–Kier alpha value is -2.71. The molecule has 3 heterocycles. The Kier molecular flexibility index (Phi) is 5.38. The van der Waals surface area contributed by atoms with E-state index in [1.54, 1.807) is 6.07 Å². The van der Waals surface area contributed by atoms with E-state index >= 15 is 0 Å². The van der Waals surface area contributed by atoms with Crippen molar-refractivity contribution in [3.8, 4) is 11.5 Å². The molecule has 3 aromatic rings. The van der Waals surface area contributed by atoms with E-state index < -0.39 is 6.10 Å². The molecule has 9 heteroatoms. The average molecular weight is 431 g/mol. The molecule has 1 aliphatic heterocycles. The minimum absolute atomic E-state index is 0.142. The Balaban J connectivity index is 1.53. The van der Waals surface area contributed by atoms with Gasteiger partial charge in [0.25, 0.3) is 11.8 Å². The van der Waals surface area contributed by atoms with Gasteiger partial charge in [-0.3, -0.25) is 4.79 Å². The van der Waals surface area contributed by atoms with Gasteiger partial charge in [-0.1, -0.05) is 47.9 Å². The molecular formula is C20H19ClN4O3S. The topological polar surface area (TPSA) is 89.6 Å². The number of aryl methyl sites for hydroxylation is 1. The number of benzene rings is 1. The van der Waals surface area contributed by atoms with Crippen molar-refractivity contribution >= 4 is 40.2 Å². The van der Waals surface area contributed by atoms with Crippen LogP contribution in [-0.4, -0.2) is 27.9 Å². The maximum absolute atomic E-state index is 12.8. The number of para-hydroxylation sites is 1. The zero-order valence-corrected chi connectivity index (χ0v) is 17.7. The van der Waals surface area contributed by atoms with Gasteiger partial charge in [-0.05, 0) is 30.7 Å². The molecule has 0 aliphatic carbocycles. The summed E-state index contributed by atoms with van der Waals surface area (Å²) < 4.78 is 6.08.